The van der Waals surface area contributed by atoms with Gasteiger partial charge in [-0.15, -0.1) is 0 Å². The molecular weight excluding hydrogens is 468 g/mol. The lowest BCUT2D eigenvalue weighted by Crippen LogP contribution is -2.08. The molecule has 8 heteroatoms. The minimum Gasteiger partial charge on any atom is -0.493 e. The first kappa shape index (κ1) is 20.7. The van der Waals surface area contributed by atoms with Crippen molar-refractivity contribution in [3.05, 3.63) is 69.0 Å². The molecule has 4 rings (SSSR count). The molecule has 1 aromatic heterocycles. The number of esters is 1. The Morgan fingerprint density at radius 1 is 0.871 bits per heavy atom. The molecule has 0 spiro atoms. The van der Waals surface area contributed by atoms with Crippen LogP contribution in [0.1, 0.15) is 10.4 Å². The van der Waals surface area contributed by atoms with Gasteiger partial charge in [0.25, 0.3) is 0 Å². The van der Waals surface area contributed by atoms with Gasteiger partial charge >= 0.3 is 11.6 Å². The summed E-state index contributed by atoms with van der Waals surface area (Å²) in [6.07, 6.45) is 0. The Morgan fingerprint density at radius 3 is 2.23 bits per heavy atom. The average Bonchev–Trinajstić information content (AvgIpc) is 2.78. The van der Waals surface area contributed by atoms with Crippen molar-refractivity contribution in [1.82, 2.24) is 0 Å². The van der Waals surface area contributed by atoms with Crippen molar-refractivity contribution in [3.63, 3.8) is 0 Å². The zero-order valence-corrected chi connectivity index (χ0v) is 18.4. The van der Waals surface area contributed by atoms with Gasteiger partial charge in [0.2, 0.25) is 5.75 Å². The van der Waals surface area contributed by atoms with Gasteiger partial charge in [0.15, 0.2) is 11.5 Å². The Bertz CT molecular complexity index is 1360. The minimum atomic E-state index is -0.585. The lowest BCUT2D eigenvalue weighted by atomic mass is 10.0. The zero-order chi connectivity index (χ0) is 22.1. The summed E-state index contributed by atoms with van der Waals surface area (Å²) in [5, 5.41) is 1.38. The van der Waals surface area contributed by atoms with Crippen molar-refractivity contribution in [2.24, 2.45) is 0 Å². The third-order valence-electron chi connectivity index (χ3n) is 4.77. The molecule has 0 atom stereocenters. The molecule has 0 aliphatic rings. The molecule has 3 aromatic carbocycles. The first-order valence-electron chi connectivity index (χ1n) is 9.14. The van der Waals surface area contributed by atoms with Gasteiger partial charge in [-0.1, -0.05) is 15.9 Å². The normalized spacial score (nSPS) is 10.8. The molecule has 0 bridgehead atoms. The topological polar surface area (TPSA) is 84.2 Å². The van der Waals surface area contributed by atoms with Crippen LogP contribution in [0.15, 0.2) is 62.2 Å². The smallest absolute Gasteiger partial charge is 0.344 e. The maximum atomic E-state index is 12.7. The van der Waals surface area contributed by atoms with E-state index in [0.29, 0.717) is 33.6 Å². The van der Waals surface area contributed by atoms with E-state index in [2.05, 4.69) is 15.9 Å². The van der Waals surface area contributed by atoms with Crippen LogP contribution < -0.4 is 24.6 Å². The number of rotatable bonds is 5. The fraction of sp³-hybridized carbons (Fsp3) is 0.130. The van der Waals surface area contributed by atoms with E-state index in [1.54, 1.807) is 42.5 Å². The molecule has 0 aliphatic carbocycles. The predicted octanol–water partition coefficient (Wildman–Crippen LogP) is 4.95. The average molecular weight is 485 g/mol. The molecule has 0 unspecified atom stereocenters. The van der Waals surface area contributed by atoms with E-state index in [9.17, 15) is 9.59 Å². The monoisotopic (exact) mass is 484 g/mol. The van der Waals surface area contributed by atoms with Crippen LogP contribution in [0.2, 0.25) is 0 Å². The third kappa shape index (κ3) is 3.70. The second-order valence-corrected chi connectivity index (χ2v) is 7.43. The SMILES string of the molecule is COc1cc2c(=O)oc3cc(OC(=O)c4ccc(Br)cc4)ccc3c2c(OC)c1OC. The number of methoxy groups -OCH3 is 3. The molecule has 0 saturated carbocycles. The number of halogens is 1. The van der Waals surface area contributed by atoms with Crippen molar-refractivity contribution < 1.29 is 28.2 Å². The zero-order valence-electron chi connectivity index (χ0n) is 16.9. The first-order chi connectivity index (χ1) is 15.0. The van der Waals surface area contributed by atoms with E-state index in [1.807, 2.05) is 0 Å². The quantitative estimate of drug-likeness (QED) is 0.171. The molecule has 31 heavy (non-hydrogen) atoms. The standard InChI is InChI=1S/C23H17BrO7/c1-27-18-11-16-19(21(29-3)20(18)28-2)15-9-8-14(10-17(15)31-23(16)26)30-22(25)12-4-6-13(24)7-5-12/h4-11H,1-3H3. The molecule has 1 heterocycles. The molecular formula is C23H17BrO7. The Balaban J connectivity index is 1.85. The molecule has 0 radical (unpaired) electrons. The van der Waals surface area contributed by atoms with Gasteiger partial charge in [-0.3, -0.25) is 0 Å². The summed E-state index contributed by atoms with van der Waals surface area (Å²) in [6, 6.07) is 13.1. The molecule has 0 saturated heterocycles. The van der Waals surface area contributed by atoms with Crippen LogP contribution in [0.5, 0.6) is 23.0 Å². The maximum absolute atomic E-state index is 12.7. The van der Waals surface area contributed by atoms with Crippen LogP contribution in [-0.2, 0) is 0 Å². The van der Waals surface area contributed by atoms with Crippen molar-refractivity contribution in [3.8, 4) is 23.0 Å². The highest BCUT2D eigenvalue weighted by atomic mass is 79.9. The van der Waals surface area contributed by atoms with E-state index in [-0.39, 0.29) is 16.7 Å². The highest BCUT2D eigenvalue weighted by molar-refractivity contribution is 9.10. The van der Waals surface area contributed by atoms with Crippen molar-refractivity contribution in [2.45, 2.75) is 0 Å². The van der Waals surface area contributed by atoms with Gasteiger partial charge in [0.05, 0.1) is 32.3 Å². The number of ether oxygens (including phenoxy) is 4. The summed E-state index contributed by atoms with van der Waals surface area (Å²) >= 11 is 3.32. The highest BCUT2D eigenvalue weighted by Gasteiger charge is 2.21. The van der Waals surface area contributed by atoms with Gasteiger partial charge in [-0.05, 0) is 42.5 Å². The fourth-order valence-corrected chi connectivity index (χ4v) is 3.61. The second kappa shape index (κ2) is 8.31. The summed E-state index contributed by atoms with van der Waals surface area (Å²) in [5.41, 5.74) is 0.0454. The Labute approximate surface area is 185 Å². The molecule has 0 amide bonds. The maximum Gasteiger partial charge on any atom is 0.344 e. The number of hydrogen-bond donors (Lipinski definition) is 0. The first-order valence-corrected chi connectivity index (χ1v) is 9.93. The highest BCUT2D eigenvalue weighted by Crippen LogP contribution is 2.45. The third-order valence-corrected chi connectivity index (χ3v) is 5.29. The second-order valence-electron chi connectivity index (χ2n) is 6.51. The number of hydrogen-bond acceptors (Lipinski definition) is 7. The predicted molar refractivity (Wildman–Crippen MR) is 119 cm³/mol. The summed E-state index contributed by atoms with van der Waals surface area (Å²) in [7, 11) is 4.43. The van der Waals surface area contributed by atoms with Crippen LogP contribution in [0.4, 0.5) is 0 Å². The Morgan fingerprint density at radius 2 is 1.58 bits per heavy atom. The molecule has 0 fully saturated rings. The summed E-state index contributed by atoms with van der Waals surface area (Å²) in [4.78, 5) is 25.1. The number of benzene rings is 3. The molecule has 158 valence electrons. The van der Waals surface area contributed by atoms with Gasteiger partial charge < -0.3 is 23.4 Å². The van der Waals surface area contributed by atoms with Crippen LogP contribution in [-0.4, -0.2) is 27.3 Å². The van der Waals surface area contributed by atoms with Gasteiger partial charge in [0, 0.05) is 21.3 Å². The van der Waals surface area contributed by atoms with Gasteiger partial charge in [-0.2, -0.15) is 0 Å². The molecule has 0 N–H and O–H groups in total. The van der Waals surface area contributed by atoms with E-state index >= 15 is 0 Å². The minimum absolute atomic E-state index is 0.238. The van der Waals surface area contributed by atoms with Gasteiger partial charge in [-0.25, -0.2) is 9.59 Å². The largest absolute Gasteiger partial charge is 0.493 e. The summed E-state index contributed by atoms with van der Waals surface area (Å²) in [5.74, 6) is 0.754. The van der Waals surface area contributed by atoms with Gasteiger partial charge in [0.1, 0.15) is 11.3 Å². The number of fused-ring (bicyclic) bond motifs is 3. The Kier molecular flexibility index (Phi) is 5.56. The summed E-state index contributed by atoms with van der Waals surface area (Å²) < 4.78 is 28.1. The van der Waals surface area contributed by atoms with Crippen LogP contribution in [0.25, 0.3) is 21.7 Å². The fourth-order valence-electron chi connectivity index (χ4n) is 3.35. The number of carbonyl (C=O) groups is 1. The van der Waals surface area contributed by atoms with E-state index in [1.165, 1.54) is 27.4 Å². The molecule has 4 aromatic rings. The Hall–Kier alpha value is -3.52. The van der Waals surface area contributed by atoms with Crippen molar-refractivity contribution >= 4 is 43.6 Å². The molecule has 7 nitrogen and oxygen atoms in total. The lowest BCUT2D eigenvalue weighted by Gasteiger charge is -2.15. The molecule has 0 aliphatic heterocycles. The van der Waals surface area contributed by atoms with E-state index in [0.717, 1.165) is 4.47 Å². The van der Waals surface area contributed by atoms with Crippen LogP contribution >= 0.6 is 15.9 Å². The van der Waals surface area contributed by atoms with Crippen molar-refractivity contribution in [1.29, 1.82) is 0 Å². The van der Waals surface area contributed by atoms with Crippen LogP contribution in [0, 0.1) is 0 Å². The van der Waals surface area contributed by atoms with Crippen molar-refractivity contribution in [2.75, 3.05) is 21.3 Å². The van der Waals surface area contributed by atoms with E-state index in [4.69, 9.17) is 23.4 Å². The van der Waals surface area contributed by atoms with Crippen LogP contribution in [0.3, 0.4) is 0 Å². The number of carbonyl (C=O) groups excluding carboxylic acids is 1. The lowest BCUT2D eigenvalue weighted by molar-refractivity contribution is 0.0735. The summed E-state index contributed by atoms with van der Waals surface area (Å²) in [6.45, 7) is 0. The van der Waals surface area contributed by atoms with E-state index < -0.39 is 11.6 Å².